The van der Waals surface area contributed by atoms with E-state index in [0.717, 1.165) is 12.1 Å². The smallest absolute Gasteiger partial charge is 0.307 e. The molecular weight excluding hydrogens is 303 g/mol. The molecule has 1 aliphatic heterocycles. The number of fused-ring (bicyclic) bond motifs is 1. The maximum Gasteiger partial charge on any atom is 0.307 e. The van der Waals surface area contributed by atoms with Gasteiger partial charge in [-0.3, -0.25) is 9.59 Å². The summed E-state index contributed by atoms with van der Waals surface area (Å²) < 4.78 is 18.4. The van der Waals surface area contributed by atoms with Gasteiger partial charge >= 0.3 is 5.97 Å². The van der Waals surface area contributed by atoms with Crippen LogP contribution >= 0.6 is 0 Å². The quantitative estimate of drug-likeness (QED) is 0.846. The molecule has 0 unspecified atom stereocenters. The third-order valence-electron chi connectivity index (χ3n) is 3.70. The number of carboxylic acids is 1. The summed E-state index contributed by atoms with van der Waals surface area (Å²) >= 11 is 0. The normalized spacial score (nSPS) is 12.6. The lowest BCUT2D eigenvalue weighted by Crippen LogP contribution is -2.08. The summed E-state index contributed by atoms with van der Waals surface area (Å²) in [4.78, 5) is 23.6. The molecule has 0 aromatic heterocycles. The van der Waals surface area contributed by atoms with E-state index in [0.29, 0.717) is 18.6 Å². The number of hydrogen-bond acceptors (Lipinski definition) is 4. The number of carbonyl (C=O) groups is 2. The molecule has 0 saturated heterocycles. The van der Waals surface area contributed by atoms with Crippen LogP contribution in [0.2, 0.25) is 0 Å². The molecule has 0 saturated carbocycles. The average Bonchev–Trinajstić information content (AvgIpc) is 2.95. The third-order valence-corrected chi connectivity index (χ3v) is 3.70. The third kappa shape index (κ3) is 2.75. The molecule has 5 nitrogen and oxygen atoms in total. The topological polar surface area (TPSA) is 83.8 Å². The summed E-state index contributed by atoms with van der Waals surface area (Å²) in [6, 6.07) is 6.46. The van der Waals surface area contributed by atoms with Crippen LogP contribution in [0.3, 0.4) is 0 Å². The number of hydrogen-bond donors (Lipinski definition) is 2. The van der Waals surface area contributed by atoms with E-state index in [9.17, 15) is 19.1 Å². The Bertz CT molecular complexity index is 796. The first-order valence-electron chi connectivity index (χ1n) is 7.00. The van der Waals surface area contributed by atoms with Crippen molar-refractivity contribution >= 4 is 11.8 Å². The molecular formula is C17H13FO5. The minimum Gasteiger partial charge on any atom is -0.507 e. The summed E-state index contributed by atoms with van der Waals surface area (Å²) in [6.45, 7) is 0.356. The molecule has 0 aliphatic carbocycles. The highest BCUT2D eigenvalue weighted by atomic mass is 19.1. The number of halogens is 1. The Labute approximate surface area is 130 Å². The number of phenols is 1. The van der Waals surface area contributed by atoms with E-state index in [1.165, 1.54) is 12.1 Å². The molecule has 23 heavy (non-hydrogen) atoms. The van der Waals surface area contributed by atoms with Gasteiger partial charge in [-0.2, -0.15) is 0 Å². The van der Waals surface area contributed by atoms with Crippen LogP contribution in [0.4, 0.5) is 4.39 Å². The minimum absolute atomic E-state index is 0.0668. The first kappa shape index (κ1) is 15.0. The van der Waals surface area contributed by atoms with Crippen molar-refractivity contribution in [3.05, 3.63) is 58.4 Å². The van der Waals surface area contributed by atoms with Gasteiger partial charge in [-0.15, -0.1) is 0 Å². The summed E-state index contributed by atoms with van der Waals surface area (Å²) in [6.07, 6.45) is 0.134. The molecule has 0 fully saturated rings. The molecule has 3 rings (SSSR count). The van der Waals surface area contributed by atoms with Gasteiger partial charge in [-0.05, 0) is 35.9 Å². The highest BCUT2D eigenvalue weighted by molar-refractivity contribution is 6.13. The highest BCUT2D eigenvalue weighted by Crippen LogP contribution is 2.39. The molecule has 6 heteroatoms. The number of benzene rings is 2. The first-order valence-corrected chi connectivity index (χ1v) is 7.00. The number of ketones is 1. The Morgan fingerprint density at radius 2 is 1.91 bits per heavy atom. The van der Waals surface area contributed by atoms with Gasteiger partial charge in [0.05, 0.1) is 13.0 Å². The van der Waals surface area contributed by atoms with Crippen LogP contribution in [-0.2, 0) is 17.6 Å². The molecule has 0 atom stereocenters. The van der Waals surface area contributed by atoms with Crippen molar-refractivity contribution in [2.45, 2.75) is 12.8 Å². The van der Waals surface area contributed by atoms with E-state index in [2.05, 4.69) is 0 Å². The van der Waals surface area contributed by atoms with Gasteiger partial charge in [0.1, 0.15) is 22.9 Å². The fraction of sp³-hybridized carbons (Fsp3) is 0.176. The average molecular weight is 316 g/mol. The zero-order valence-corrected chi connectivity index (χ0v) is 12.0. The molecule has 0 amide bonds. The van der Waals surface area contributed by atoms with Crippen LogP contribution in [0, 0.1) is 5.82 Å². The zero-order chi connectivity index (χ0) is 16.6. The predicted octanol–water partition coefficient (Wildman–Crippen LogP) is 2.32. The molecule has 118 valence electrons. The first-order chi connectivity index (χ1) is 11.0. The molecule has 2 aromatic carbocycles. The van der Waals surface area contributed by atoms with E-state index >= 15 is 0 Å². The van der Waals surface area contributed by atoms with E-state index in [1.54, 1.807) is 6.07 Å². The number of aromatic hydroxyl groups is 1. The zero-order valence-electron chi connectivity index (χ0n) is 12.0. The van der Waals surface area contributed by atoms with Gasteiger partial charge < -0.3 is 14.9 Å². The summed E-state index contributed by atoms with van der Waals surface area (Å²) in [7, 11) is 0. The second-order valence-corrected chi connectivity index (χ2v) is 5.25. The van der Waals surface area contributed by atoms with Crippen molar-refractivity contribution in [1.29, 1.82) is 0 Å². The maximum absolute atomic E-state index is 13.0. The lowest BCUT2D eigenvalue weighted by atomic mass is 9.94. The summed E-state index contributed by atoms with van der Waals surface area (Å²) in [5.74, 6) is -2.26. The minimum atomic E-state index is -1.11. The molecule has 2 aromatic rings. The summed E-state index contributed by atoms with van der Waals surface area (Å²) in [5, 5.41) is 19.3. The SMILES string of the molecule is O=C(O)Cc1cc2c(c(C(=O)c3ccc(F)cc3)c1O)OCC2. The Morgan fingerprint density at radius 1 is 1.22 bits per heavy atom. The molecule has 0 spiro atoms. The van der Waals surface area contributed by atoms with Gasteiger partial charge in [0.15, 0.2) is 0 Å². The number of phenolic OH excluding ortho intramolecular Hbond substituents is 1. The molecule has 0 radical (unpaired) electrons. The van der Waals surface area contributed by atoms with E-state index in [4.69, 9.17) is 9.84 Å². The summed E-state index contributed by atoms with van der Waals surface area (Å²) in [5.41, 5.74) is 0.964. The van der Waals surface area contributed by atoms with Gasteiger partial charge in [-0.1, -0.05) is 0 Å². The number of carboxylic acid groups (broad SMARTS) is 1. The predicted molar refractivity (Wildman–Crippen MR) is 78.5 cm³/mol. The van der Waals surface area contributed by atoms with Crippen LogP contribution in [0.1, 0.15) is 27.0 Å². The number of carbonyl (C=O) groups excluding carboxylic acids is 1. The van der Waals surface area contributed by atoms with Crippen molar-refractivity contribution < 1.29 is 28.9 Å². The Kier molecular flexibility index (Phi) is 3.73. The fourth-order valence-corrected chi connectivity index (χ4v) is 2.64. The van der Waals surface area contributed by atoms with Crippen LogP contribution < -0.4 is 4.74 Å². The molecule has 0 bridgehead atoms. The largest absolute Gasteiger partial charge is 0.507 e. The molecule has 1 aliphatic rings. The Hall–Kier alpha value is -2.89. The molecule has 1 heterocycles. The van der Waals surface area contributed by atoms with Gasteiger partial charge in [-0.25, -0.2) is 4.39 Å². The lowest BCUT2D eigenvalue weighted by Gasteiger charge is -2.13. The maximum atomic E-state index is 13.0. The van der Waals surface area contributed by atoms with Gasteiger partial charge in [0.25, 0.3) is 0 Å². The fourth-order valence-electron chi connectivity index (χ4n) is 2.64. The Morgan fingerprint density at radius 3 is 2.57 bits per heavy atom. The lowest BCUT2D eigenvalue weighted by molar-refractivity contribution is -0.136. The standard InChI is InChI=1S/C17H13FO5/c18-12-3-1-9(2-4-12)15(21)14-16(22)11(8-13(19)20)7-10-5-6-23-17(10)14/h1-4,7,22H,5-6,8H2,(H,19,20). The van der Waals surface area contributed by atoms with E-state index < -0.39 is 29.7 Å². The van der Waals surface area contributed by atoms with Crippen LogP contribution in [-0.4, -0.2) is 28.6 Å². The van der Waals surface area contributed by atoms with Crippen molar-refractivity contribution in [2.24, 2.45) is 0 Å². The van der Waals surface area contributed by atoms with Gasteiger partial charge in [0.2, 0.25) is 5.78 Å². The number of aliphatic carboxylic acids is 1. The highest BCUT2D eigenvalue weighted by Gasteiger charge is 2.28. The second-order valence-electron chi connectivity index (χ2n) is 5.25. The van der Waals surface area contributed by atoms with Crippen LogP contribution in [0.15, 0.2) is 30.3 Å². The van der Waals surface area contributed by atoms with Crippen molar-refractivity contribution in [3.63, 3.8) is 0 Å². The van der Waals surface area contributed by atoms with Crippen LogP contribution in [0.5, 0.6) is 11.5 Å². The van der Waals surface area contributed by atoms with E-state index in [1.807, 2.05) is 0 Å². The second kappa shape index (κ2) is 5.72. The molecule has 2 N–H and O–H groups in total. The monoisotopic (exact) mass is 316 g/mol. The Balaban J connectivity index is 2.13. The number of rotatable bonds is 4. The van der Waals surface area contributed by atoms with Crippen molar-refractivity contribution in [1.82, 2.24) is 0 Å². The van der Waals surface area contributed by atoms with Crippen molar-refractivity contribution in [2.75, 3.05) is 6.61 Å². The van der Waals surface area contributed by atoms with Gasteiger partial charge in [0, 0.05) is 17.5 Å². The van der Waals surface area contributed by atoms with Crippen molar-refractivity contribution in [3.8, 4) is 11.5 Å². The van der Waals surface area contributed by atoms with Crippen LogP contribution in [0.25, 0.3) is 0 Å². The van der Waals surface area contributed by atoms with E-state index in [-0.39, 0.29) is 22.4 Å². The number of ether oxygens (including phenoxy) is 1.